The third-order valence-corrected chi connectivity index (χ3v) is 6.95. The molecule has 33 heavy (non-hydrogen) atoms. The number of ether oxygens (including phenoxy) is 1. The van der Waals surface area contributed by atoms with Crippen LogP contribution in [0.15, 0.2) is 10.5 Å². The number of oxime groups is 1. The van der Waals surface area contributed by atoms with Crippen molar-refractivity contribution in [2.24, 2.45) is 11.1 Å². The van der Waals surface area contributed by atoms with Gasteiger partial charge >= 0.3 is 12.1 Å². The van der Waals surface area contributed by atoms with Crippen molar-refractivity contribution in [1.82, 2.24) is 20.1 Å². The number of nitrogens with zero attached hydrogens (tertiary/aromatic N) is 4. The average molecular weight is 505 g/mol. The number of hydrogen-bond donors (Lipinski definition) is 3. The molecule has 4 unspecified atom stereocenters. The van der Waals surface area contributed by atoms with Gasteiger partial charge in [-0.05, 0) is 0 Å². The highest BCUT2D eigenvalue weighted by Gasteiger charge is 2.58. The zero-order chi connectivity index (χ0) is 24.3. The van der Waals surface area contributed by atoms with Gasteiger partial charge in [-0.3, -0.25) is 9.59 Å². The van der Waals surface area contributed by atoms with Crippen LogP contribution in [-0.4, -0.2) is 100 Å². The highest BCUT2D eigenvalue weighted by Crippen LogP contribution is 2.40. The number of alkyl halides is 1. The maximum atomic E-state index is 12.8. The highest BCUT2D eigenvalue weighted by molar-refractivity contribution is 8.00. The van der Waals surface area contributed by atoms with Crippen molar-refractivity contribution in [2.45, 2.75) is 17.5 Å². The second-order valence-electron chi connectivity index (χ2n) is 7.18. The van der Waals surface area contributed by atoms with Crippen LogP contribution in [0.4, 0.5) is 14.3 Å². The molecule has 1 aromatic rings. The fourth-order valence-corrected chi connectivity index (χ4v) is 5.34. The summed E-state index contributed by atoms with van der Waals surface area (Å²) < 4.78 is 17.5. The molecule has 16 heteroatoms. The van der Waals surface area contributed by atoms with Crippen molar-refractivity contribution in [3.05, 3.63) is 11.1 Å². The molecule has 0 aromatic carbocycles. The van der Waals surface area contributed by atoms with E-state index in [1.807, 2.05) is 0 Å². The minimum absolute atomic E-state index is 0.0366. The minimum atomic E-state index is -1.29. The van der Waals surface area contributed by atoms with Gasteiger partial charge in [0.1, 0.15) is 23.2 Å². The Balaban J connectivity index is 1.70. The van der Waals surface area contributed by atoms with E-state index in [1.54, 1.807) is 0 Å². The van der Waals surface area contributed by atoms with Crippen LogP contribution < -0.4 is 11.1 Å². The predicted molar refractivity (Wildman–Crippen MR) is 115 cm³/mol. The van der Waals surface area contributed by atoms with E-state index < -0.39 is 54.1 Å². The molecule has 3 heterocycles. The maximum Gasteiger partial charge on any atom is 0.409 e. The van der Waals surface area contributed by atoms with Crippen LogP contribution in [-0.2, 0) is 24.0 Å². The van der Waals surface area contributed by atoms with E-state index in [4.69, 9.17) is 10.5 Å². The van der Waals surface area contributed by atoms with Crippen LogP contribution in [0, 0.1) is 5.92 Å². The molecule has 0 bridgehead atoms. The number of thioether (sulfide) groups is 1. The van der Waals surface area contributed by atoms with Gasteiger partial charge in [0.2, 0.25) is 5.91 Å². The number of hydrogen-bond acceptors (Lipinski definition) is 11. The maximum absolute atomic E-state index is 12.8. The van der Waals surface area contributed by atoms with Crippen molar-refractivity contribution < 1.29 is 38.2 Å². The lowest BCUT2D eigenvalue weighted by Gasteiger charge is -2.54. The third-order valence-electron chi connectivity index (χ3n) is 4.82. The molecule has 4 atom stereocenters. The number of aliphatic carboxylic acids is 1. The largest absolute Gasteiger partial charge is 0.480 e. The van der Waals surface area contributed by atoms with Gasteiger partial charge in [0.15, 0.2) is 10.8 Å². The van der Waals surface area contributed by atoms with Crippen LogP contribution in [0.2, 0.25) is 0 Å². The van der Waals surface area contributed by atoms with E-state index >= 15 is 0 Å². The molecule has 0 saturated carbocycles. The monoisotopic (exact) mass is 504 g/mol. The first-order chi connectivity index (χ1) is 15.6. The van der Waals surface area contributed by atoms with Crippen molar-refractivity contribution in [3.8, 4) is 0 Å². The summed E-state index contributed by atoms with van der Waals surface area (Å²) in [5.74, 6) is -3.10. The van der Waals surface area contributed by atoms with Crippen LogP contribution in [0.5, 0.6) is 0 Å². The molecule has 2 fully saturated rings. The van der Waals surface area contributed by atoms with E-state index in [0.29, 0.717) is 0 Å². The number of carbonyl (C=O) groups is 4. The number of carboxylic acid groups (broad SMARTS) is 1. The average Bonchev–Trinajstić information content (AvgIpc) is 3.20. The number of thiazole rings is 1. The molecular weight excluding hydrogens is 483 g/mol. The molecule has 0 radical (unpaired) electrons. The van der Waals surface area contributed by atoms with Crippen LogP contribution in [0.3, 0.4) is 0 Å². The van der Waals surface area contributed by atoms with Crippen LogP contribution in [0.1, 0.15) is 5.69 Å². The van der Waals surface area contributed by atoms with E-state index in [2.05, 4.69) is 20.3 Å². The molecule has 3 amide bonds. The number of carboxylic acids is 1. The number of carbonyl (C=O) groups excluding carboxylic acids is 3. The number of β-lactam (4-membered cyclic amide) rings is 1. The number of halogens is 1. The molecule has 0 aliphatic carbocycles. The van der Waals surface area contributed by atoms with Crippen molar-refractivity contribution in [3.63, 3.8) is 0 Å². The SMILES string of the molecule is CN(C)C(=O)OCC1CSC2C(NC(=O)/C(=N/OCF)c3csc(N)n3)C(=O)N2C1C(=O)O. The Hall–Kier alpha value is -3.14. The summed E-state index contributed by atoms with van der Waals surface area (Å²) in [6, 6.07) is -2.27. The first-order valence-electron chi connectivity index (χ1n) is 9.44. The molecule has 2 aliphatic heterocycles. The second-order valence-corrected chi connectivity index (χ2v) is 9.22. The summed E-state index contributed by atoms with van der Waals surface area (Å²) in [5.41, 5.74) is 5.22. The standard InChI is InChI=1S/C17H21FN6O7S2/c1-23(2)17(29)30-3-7-4-32-14-10(13(26)24(14)11(7)15(27)28)21-12(25)9(22-31-6-18)8-5-33-16(19)20-8/h5,7,10-11,14H,3-4,6H2,1-2H3,(H2,19,20)(H,21,25)(H,27,28)/b22-9+. The van der Waals surface area contributed by atoms with Gasteiger partial charge in [-0.1, -0.05) is 5.16 Å². The zero-order valence-electron chi connectivity index (χ0n) is 17.5. The lowest BCUT2D eigenvalue weighted by atomic mass is 9.94. The minimum Gasteiger partial charge on any atom is -0.480 e. The number of anilines is 1. The van der Waals surface area contributed by atoms with E-state index in [1.165, 1.54) is 36.1 Å². The molecular formula is C17H21FN6O7S2. The third kappa shape index (κ3) is 5.11. The van der Waals surface area contributed by atoms with Gasteiger partial charge in [0.05, 0.1) is 6.61 Å². The summed E-state index contributed by atoms with van der Waals surface area (Å²) in [7, 11) is 2.98. The molecule has 1 aromatic heterocycles. The topological polar surface area (TPSA) is 177 Å². The number of aromatic nitrogens is 1. The Bertz CT molecular complexity index is 973. The van der Waals surface area contributed by atoms with E-state index in [9.17, 15) is 28.7 Å². The van der Waals surface area contributed by atoms with Crippen LogP contribution >= 0.6 is 23.1 Å². The fraction of sp³-hybridized carbons (Fsp3) is 0.529. The molecule has 13 nitrogen and oxygen atoms in total. The number of fused-ring (bicyclic) bond motifs is 1. The molecule has 180 valence electrons. The predicted octanol–water partition coefficient (Wildman–Crippen LogP) is -0.459. The summed E-state index contributed by atoms with van der Waals surface area (Å²) in [6.07, 6.45) is -0.628. The fourth-order valence-electron chi connectivity index (χ4n) is 3.30. The first kappa shape index (κ1) is 24.5. The normalized spacial score (nSPS) is 24.4. The Morgan fingerprint density at radius 2 is 2.18 bits per heavy atom. The van der Waals surface area contributed by atoms with Gasteiger partial charge in [0, 0.05) is 31.1 Å². The summed E-state index contributed by atoms with van der Waals surface area (Å²) in [5, 5.41) is 16.5. The quantitative estimate of drug-likeness (QED) is 0.238. The van der Waals surface area contributed by atoms with Gasteiger partial charge in [-0.25, -0.2) is 19.0 Å². The Labute approximate surface area is 195 Å². The number of nitrogens with one attached hydrogen (secondary N) is 1. The Kier molecular flexibility index (Phi) is 7.57. The van der Waals surface area contributed by atoms with Crippen molar-refractivity contribution in [1.29, 1.82) is 0 Å². The van der Waals surface area contributed by atoms with Gasteiger partial charge in [-0.2, -0.15) is 0 Å². The van der Waals surface area contributed by atoms with Crippen molar-refractivity contribution >= 4 is 57.8 Å². The number of amides is 3. The zero-order valence-corrected chi connectivity index (χ0v) is 19.1. The smallest absolute Gasteiger partial charge is 0.409 e. The Morgan fingerprint density at radius 3 is 2.76 bits per heavy atom. The van der Waals surface area contributed by atoms with Gasteiger partial charge in [-0.15, -0.1) is 23.1 Å². The molecule has 2 saturated heterocycles. The van der Waals surface area contributed by atoms with Crippen LogP contribution in [0.25, 0.3) is 0 Å². The summed E-state index contributed by atoms with van der Waals surface area (Å²) >= 11 is 2.27. The lowest BCUT2D eigenvalue weighted by molar-refractivity contribution is -0.165. The number of nitrogen functional groups attached to an aromatic ring is 1. The first-order valence-corrected chi connectivity index (χ1v) is 11.4. The molecule has 0 spiro atoms. The lowest BCUT2D eigenvalue weighted by Crippen LogP contribution is -2.76. The molecule has 2 aliphatic rings. The molecule has 4 N–H and O–H groups in total. The number of rotatable bonds is 8. The Morgan fingerprint density at radius 1 is 1.45 bits per heavy atom. The second kappa shape index (κ2) is 10.2. The van der Waals surface area contributed by atoms with Crippen molar-refractivity contribution in [2.75, 3.05) is 39.0 Å². The summed E-state index contributed by atoms with van der Waals surface area (Å²) in [6.45, 7) is -1.47. The van der Waals surface area contributed by atoms with E-state index in [-0.39, 0.29) is 28.9 Å². The van der Waals surface area contributed by atoms with Gasteiger partial charge in [0.25, 0.3) is 12.8 Å². The summed E-state index contributed by atoms with van der Waals surface area (Å²) in [4.78, 5) is 59.7. The van der Waals surface area contributed by atoms with Gasteiger partial charge < -0.3 is 35.5 Å². The highest BCUT2D eigenvalue weighted by atomic mass is 32.2. The molecule has 3 rings (SSSR count). The van der Waals surface area contributed by atoms with E-state index in [0.717, 1.165) is 16.2 Å². The number of nitrogens with two attached hydrogens (primary N) is 1.